The lowest BCUT2D eigenvalue weighted by Crippen LogP contribution is -2.29. The van der Waals surface area contributed by atoms with Gasteiger partial charge in [0.2, 0.25) is 5.95 Å². The van der Waals surface area contributed by atoms with E-state index >= 15 is 0 Å². The zero-order valence-electron chi connectivity index (χ0n) is 16.0. The fraction of sp³-hybridized carbons (Fsp3) is 0.150. The summed E-state index contributed by atoms with van der Waals surface area (Å²) in [5.41, 5.74) is 5.46. The Kier molecular flexibility index (Phi) is 4.78. The van der Waals surface area contributed by atoms with Crippen LogP contribution in [0.2, 0.25) is 0 Å². The lowest BCUT2D eigenvalue weighted by molar-refractivity contribution is 0.808. The van der Waals surface area contributed by atoms with Crippen LogP contribution in [0.4, 0.5) is 5.95 Å². The summed E-state index contributed by atoms with van der Waals surface area (Å²) in [5.74, 6) is 0.359. The number of anilines is 1. The molecular formula is C20H19N7O2. The molecule has 0 unspecified atom stereocenters. The van der Waals surface area contributed by atoms with Gasteiger partial charge >= 0.3 is 5.69 Å². The second kappa shape index (κ2) is 7.55. The van der Waals surface area contributed by atoms with Gasteiger partial charge in [0.1, 0.15) is 0 Å². The van der Waals surface area contributed by atoms with Gasteiger partial charge < -0.3 is 0 Å². The second-order valence-corrected chi connectivity index (χ2v) is 6.65. The van der Waals surface area contributed by atoms with Crippen molar-refractivity contribution in [2.75, 3.05) is 5.43 Å². The highest BCUT2D eigenvalue weighted by atomic mass is 16.2. The molecule has 0 aliphatic heterocycles. The quantitative estimate of drug-likeness (QED) is 0.398. The third kappa shape index (κ3) is 3.70. The lowest BCUT2D eigenvalue weighted by atomic mass is 10.1. The summed E-state index contributed by atoms with van der Waals surface area (Å²) in [4.78, 5) is 35.2. The first-order valence-corrected chi connectivity index (χ1v) is 8.97. The average Bonchev–Trinajstić information content (AvgIpc) is 3.08. The molecule has 29 heavy (non-hydrogen) atoms. The van der Waals surface area contributed by atoms with Gasteiger partial charge in [-0.25, -0.2) is 10.2 Å². The summed E-state index contributed by atoms with van der Waals surface area (Å²) in [6.45, 7) is 2.41. The molecule has 4 aromatic rings. The topological polar surface area (TPSA) is 110 Å². The zero-order valence-corrected chi connectivity index (χ0v) is 16.0. The molecule has 0 amide bonds. The molecule has 0 radical (unpaired) electrons. The van der Waals surface area contributed by atoms with Crippen molar-refractivity contribution in [2.45, 2.75) is 13.5 Å². The standard InChI is InChI=1S/C20H19N7O2/c1-13-3-5-15(6-4-13)12-27-16-17(26(2)20(29)24-18(16)28)23-19(27)25-22-11-14-7-9-21-10-8-14/h3-11H,12H2,1-2H3,(H,23,25)(H,24,28,29)/b22-11+. The molecule has 0 saturated heterocycles. The van der Waals surface area contributed by atoms with Crippen LogP contribution in [0, 0.1) is 6.92 Å². The number of nitrogens with one attached hydrogen (secondary N) is 2. The minimum absolute atomic E-state index is 0.285. The molecule has 9 nitrogen and oxygen atoms in total. The van der Waals surface area contributed by atoms with Crippen LogP contribution in [0.3, 0.4) is 0 Å². The molecule has 0 aliphatic carbocycles. The van der Waals surface area contributed by atoms with Gasteiger partial charge in [-0.1, -0.05) is 29.8 Å². The van der Waals surface area contributed by atoms with E-state index < -0.39 is 11.2 Å². The highest BCUT2D eigenvalue weighted by Crippen LogP contribution is 2.18. The van der Waals surface area contributed by atoms with Crippen molar-refractivity contribution in [2.24, 2.45) is 12.1 Å². The van der Waals surface area contributed by atoms with Crippen molar-refractivity contribution in [3.05, 3.63) is 86.3 Å². The van der Waals surface area contributed by atoms with Crippen molar-refractivity contribution in [3.63, 3.8) is 0 Å². The maximum Gasteiger partial charge on any atom is 0.329 e. The lowest BCUT2D eigenvalue weighted by Gasteiger charge is -2.08. The van der Waals surface area contributed by atoms with Crippen molar-refractivity contribution in [1.29, 1.82) is 0 Å². The number of aryl methyl sites for hydroxylation is 2. The fourth-order valence-electron chi connectivity index (χ4n) is 2.96. The molecule has 2 N–H and O–H groups in total. The normalized spacial score (nSPS) is 11.4. The minimum Gasteiger partial charge on any atom is -0.298 e. The van der Waals surface area contributed by atoms with E-state index in [9.17, 15) is 9.59 Å². The van der Waals surface area contributed by atoms with E-state index in [1.165, 1.54) is 4.57 Å². The third-order valence-corrected chi connectivity index (χ3v) is 4.55. The van der Waals surface area contributed by atoms with Gasteiger partial charge in [-0.3, -0.25) is 23.9 Å². The van der Waals surface area contributed by atoms with Crippen LogP contribution < -0.4 is 16.7 Å². The molecule has 146 valence electrons. The van der Waals surface area contributed by atoms with Crippen LogP contribution in [-0.4, -0.2) is 30.3 Å². The summed E-state index contributed by atoms with van der Waals surface area (Å²) in [6.07, 6.45) is 4.97. The van der Waals surface area contributed by atoms with Gasteiger partial charge in [-0.2, -0.15) is 10.1 Å². The highest BCUT2D eigenvalue weighted by molar-refractivity contribution is 5.80. The number of pyridine rings is 1. The number of H-pyrrole nitrogens is 1. The van der Waals surface area contributed by atoms with Crippen LogP contribution in [-0.2, 0) is 13.6 Å². The number of imidazole rings is 1. The third-order valence-electron chi connectivity index (χ3n) is 4.55. The first kappa shape index (κ1) is 18.4. The number of benzene rings is 1. The van der Waals surface area contributed by atoms with Gasteiger partial charge in [0.15, 0.2) is 11.2 Å². The van der Waals surface area contributed by atoms with Crippen molar-refractivity contribution in [3.8, 4) is 0 Å². The molecule has 0 fully saturated rings. The number of hydrazone groups is 1. The molecule has 0 bridgehead atoms. The summed E-state index contributed by atoms with van der Waals surface area (Å²) in [7, 11) is 1.56. The largest absolute Gasteiger partial charge is 0.329 e. The Morgan fingerprint density at radius 3 is 2.59 bits per heavy atom. The Morgan fingerprint density at radius 2 is 1.86 bits per heavy atom. The number of nitrogens with zero attached hydrogens (tertiary/aromatic N) is 5. The number of hydrogen-bond acceptors (Lipinski definition) is 6. The van der Waals surface area contributed by atoms with Gasteiger partial charge in [0, 0.05) is 19.4 Å². The molecule has 0 aliphatic rings. The number of hydrogen-bond donors (Lipinski definition) is 2. The second-order valence-electron chi connectivity index (χ2n) is 6.65. The van der Waals surface area contributed by atoms with Crippen LogP contribution in [0.5, 0.6) is 0 Å². The van der Waals surface area contributed by atoms with Crippen LogP contribution in [0.25, 0.3) is 11.2 Å². The van der Waals surface area contributed by atoms with E-state index in [4.69, 9.17) is 0 Å². The monoisotopic (exact) mass is 389 g/mol. The van der Waals surface area contributed by atoms with Gasteiger partial charge in [-0.15, -0.1) is 0 Å². The molecular weight excluding hydrogens is 370 g/mol. The molecule has 3 aromatic heterocycles. The average molecular weight is 389 g/mol. The predicted molar refractivity (Wildman–Crippen MR) is 111 cm³/mol. The van der Waals surface area contributed by atoms with Gasteiger partial charge in [0.25, 0.3) is 5.56 Å². The number of aromatic nitrogens is 5. The van der Waals surface area contributed by atoms with E-state index in [1.807, 2.05) is 43.3 Å². The number of aromatic amines is 1. The van der Waals surface area contributed by atoms with Crippen molar-refractivity contribution >= 4 is 23.3 Å². The Morgan fingerprint density at radius 1 is 1.14 bits per heavy atom. The fourth-order valence-corrected chi connectivity index (χ4v) is 2.96. The SMILES string of the molecule is Cc1ccc(Cn2c(N/N=C/c3ccncc3)nc3c2c(=O)[nH]c(=O)n3C)cc1. The number of rotatable bonds is 5. The molecule has 0 saturated carbocycles. The highest BCUT2D eigenvalue weighted by Gasteiger charge is 2.17. The van der Waals surface area contributed by atoms with Crippen molar-refractivity contribution < 1.29 is 0 Å². The smallest absolute Gasteiger partial charge is 0.298 e. The molecule has 0 atom stereocenters. The van der Waals surface area contributed by atoms with E-state index in [1.54, 1.807) is 30.2 Å². The predicted octanol–water partition coefficient (Wildman–Crippen LogP) is 1.62. The van der Waals surface area contributed by atoms with Gasteiger partial charge in [0.05, 0.1) is 12.8 Å². The van der Waals surface area contributed by atoms with Crippen LogP contribution in [0.15, 0.2) is 63.5 Å². The Balaban J connectivity index is 1.79. The summed E-state index contributed by atoms with van der Waals surface area (Å²) in [5, 5.41) is 4.22. The van der Waals surface area contributed by atoms with Crippen molar-refractivity contribution in [1.82, 2.24) is 24.1 Å². The van der Waals surface area contributed by atoms with Gasteiger partial charge in [-0.05, 0) is 30.2 Å². The summed E-state index contributed by atoms with van der Waals surface area (Å²) in [6, 6.07) is 11.6. The van der Waals surface area contributed by atoms with E-state index in [0.29, 0.717) is 18.0 Å². The maximum absolute atomic E-state index is 12.5. The first-order chi connectivity index (χ1) is 14.0. The molecule has 1 aromatic carbocycles. The minimum atomic E-state index is -0.519. The molecule has 4 rings (SSSR count). The first-order valence-electron chi connectivity index (χ1n) is 8.97. The zero-order chi connectivity index (χ0) is 20.4. The summed E-state index contributed by atoms with van der Waals surface area (Å²) < 4.78 is 3.02. The molecule has 9 heteroatoms. The Bertz CT molecular complexity index is 1300. The summed E-state index contributed by atoms with van der Waals surface area (Å²) >= 11 is 0. The Hall–Kier alpha value is -4.01. The Labute approximate surface area is 165 Å². The molecule has 0 spiro atoms. The maximum atomic E-state index is 12.5. The van der Waals surface area contributed by atoms with E-state index in [-0.39, 0.29) is 5.65 Å². The van der Waals surface area contributed by atoms with E-state index in [0.717, 1.165) is 16.7 Å². The van der Waals surface area contributed by atoms with E-state index in [2.05, 4.69) is 25.5 Å². The molecule has 3 heterocycles. The van der Waals surface area contributed by atoms with Crippen LogP contribution in [0.1, 0.15) is 16.7 Å². The number of fused-ring (bicyclic) bond motifs is 1. The van der Waals surface area contributed by atoms with Crippen LogP contribution >= 0.6 is 0 Å².